The molecule has 2 fully saturated rings. The maximum absolute atomic E-state index is 12.4. The second-order valence-electron chi connectivity index (χ2n) is 6.10. The van der Waals surface area contributed by atoms with Crippen molar-refractivity contribution in [1.29, 1.82) is 0 Å². The van der Waals surface area contributed by atoms with Gasteiger partial charge in [-0.15, -0.1) is 0 Å². The normalized spacial score (nSPS) is 23.3. The lowest BCUT2D eigenvalue weighted by molar-refractivity contribution is -0.133. The van der Waals surface area contributed by atoms with Gasteiger partial charge in [-0.2, -0.15) is 0 Å². The lowest BCUT2D eigenvalue weighted by Crippen LogP contribution is -2.49. The number of amides is 2. The summed E-state index contributed by atoms with van der Waals surface area (Å²) in [5, 5.41) is 13.3. The average Bonchev–Trinajstić information content (AvgIpc) is 2.85. The molecule has 5 nitrogen and oxygen atoms in total. The lowest BCUT2D eigenvalue weighted by Gasteiger charge is -2.36. The highest BCUT2D eigenvalue weighted by atomic mass is 35.5. The molecule has 1 saturated carbocycles. The van der Waals surface area contributed by atoms with Crippen molar-refractivity contribution in [2.24, 2.45) is 5.92 Å². The summed E-state index contributed by atoms with van der Waals surface area (Å²) in [5.41, 5.74) is -0.0185. The number of benzene rings is 1. The minimum atomic E-state index is -0.771. The molecule has 118 valence electrons. The fraction of sp³-hybridized carbons (Fsp3) is 0.500. The molecule has 2 N–H and O–H groups in total. The zero-order valence-electron chi connectivity index (χ0n) is 12.2. The molecule has 1 aliphatic carbocycles. The van der Waals surface area contributed by atoms with Crippen molar-refractivity contribution in [2.45, 2.75) is 31.3 Å². The van der Waals surface area contributed by atoms with Crippen molar-refractivity contribution >= 4 is 29.1 Å². The number of anilines is 1. The summed E-state index contributed by atoms with van der Waals surface area (Å²) >= 11 is 5.85. The first-order chi connectivity index (χ1) is 10.5. The predicted molar refractivity (Wildman–Crippen MR) is 83.7 cm³/mol. The van der Waals surface area contributed by atoms with Gasteiger partial charge in [0.2, 0.25) is 11.8 Å². The summed E-state index contributed by atoms with van der Waals surface area (Å²) in [6.45, 7) is 0.749. The number of hydrogen-bond donors (Lipinski definition) is 2. The summed E-state index contributed by atoms with van der Waals surface area (Å²) in [5.74, 6) is -1.15. The van der Waals surface area contributed by atoms with Gasteiger partial charge in [0.15, 0.2) is 0 Å². The number of nitrogens with zero attached hydrogens (tertiary/aromatic N) is 1. The van der Waals surface area contributed by atoms with Crippen LogP contribution in [0.3, 0.4) is 0 Å². The van der Waals surface area contributed by atoms with Gasteiger partial charge in [-0.3, -0.25) is 9.59 Å². The minimum absolute atomic E-state index is 0.194. The third kappa shape index (κ3) is 2.96. The summed E-state index contributed by atoms with van der Waals surface area (Å²) in [6.07, 6.45) is 2.90. The van der Waals surface area contributed by atoms with E-state index in [4.69, 9.17) is 11.6 Å². The van der Waals surface area contributed by atoms with E-state index < -0.39 is 11.5 Å². The highest BCUT2D eigenvalue weighted by molar-refractivity contribution is 6.30. The molecule has 1 aromatic rings. The minimum Gasteiger partial charge on any atom is -0.388 e. The zero-order valence-corrected chi connectivity index (χ0v) is 13.0. The van der Waals surface area contributed by atoms with Crippen LogP contribution in [0.25, 0.3) is 0 Å². The van der Waals surface area contributed by atoms with Crippen LogP contribution in [0.1, 0.15) is 25.7 Å². The van der Waals surface area contributed by atoms with Crippen LogP contribution in [0.15, 0.2) is 24.3 Å². The van der Waals surface area contributed by atoms with Crippen molar-refractivity contribution < 1.29 is 14.7 Å². The van der Waals surface area contributed by atoms with Crippen LogP contribution in [0.4, 0.5) is 5.69 Å². The molecular formula is C16H19ClN2O3. The van der Waals surface area contributed by atoms with E-state index in [1.54, 1.807) is 29.2 Å². The average molecular weight is 323 g/mol. The molecule has 1 unspecified atom stereocenters. The Hall–Kier alpha value is -1.59. The first-order valence-electron chi connectivity index (χ1n) is 7.56. The van der Waals surface area contributed by atoms with Crippen molar-refractivity contribution in [3.8, 4) is 0 Å². The molecule has 3 rings (SSSR count). The molecule has 1 saturated heterocycles. The first kappa shape index (κ1) is 15.3. The lowest BCUT2D eigenvalue weighted by atomic mass is 9.80. The van der Waals surface area contributed by atoms with Crippen LogP contribution < -0.4 is 10.2 Å². The van der Waals surface area contributed by atoms with Crippen LogP contribution in [-0.4, -0.2) is 35.6 Å². The van der Waals surface area contributed by atoms with Crippen LogP contribution in [0.2, 0.25) is 5.02 Å². The Morgan fingerprint density at radius 2 is 2.05 bits per heavy atom. The largest absolute Gasteiger partial charge is 0.388 e. The summed E-state index contributed by atoms with van der Waals surface area (Å²) in [6, 6.07) is 7.00. The first-order valence-corrected chi connectivity index (χ1v) is 7.93. The van der Waals surface area contributed by atoms with Gasteiger partial charge in [0, 0.05) is 23.8 Å². The van der Waals surface area contributed by atoms with Gasteiger partial charge in [0.05, 0.1) is 5.60 Å². The highest BCUT2D eigenvalue weighted by Crippen LogP contribution is 2.31. The van der Waals surface area contributed by atoms with Gasteiger partial charge in [0.1, 0.15) is 5.92 Å². The SMILES string of the molecule is O=C(NCC1(O)CCC1)C1CCN(c2ccc(Cl)cc2)C1=O. The maximum atomic E-state index is 12.4. The number of hydrogen-bond acceptors (Lipinski definition) is 3. The number of carbonyl (C=O) groups is 2. The molecular weight excluding hydrogens is 304 g/mol. The molecule has 22 heavy (non-hydrogen) atoms. The van der Waals surface area contributed by atoms with Gasteiger partial charge in [-0.05, 0) is 49.9 Å². The fourth-order valence-electron chi connectivity index (χ4n) is 2.94. The Morgan fingerprint density at radius 3 is 2.64 bits per heavy atom. The molecule has 2 amide bonds. The van der Waals surface area contributed by atoms with Gasteiger partial charge in [-0.25, -0.2) is 0 Å². The van der Waals surface area contributed by atoms with Crippen LogP contribution in [0, 0.1) is 5.92 Å². The molecule has 6 heteroatoms. The molecule has 2 aliphatic rings. The van der Waals surface area contributed by atoms with Crippen molar-refractivity contribution in [1.82, 2.24) is 5.32 Å². The highest BCUT2D eigenvalue weighted by Gasteiger charge is 2.40. The van der Waals surface area contributed by atoms with Gasteiger partial charge in [-0.1, -0.05) is 11.6 Å². The number of nitrogens with one attached hydrogen (secondary N) is 1. The zero-order chi connectivity index (χ0) is 15.7. The molecule has 1 aliphatic heterocycles. The van der Waals surface area contributed by atoms with Crippen LogP contribution in [0.5, 0.6) is 0 Å². The third-order valence-electron chi connectivity index (χ3n) is 4.54. The molecule has 0 bridgehead atoms. The van der Waals surface area contributed by atoms with Gasteiger partial charge in [0.25, 0.3) is 0 Å². The Kier molecular flexibility index (Phi) is 4.10. The Balaban J connectivity index is 1.60. The quantitative estimate of drug-likeness (QED) is 0.829. The van der Waals surface area contributed by atoms with E-state index in [1.807, 2.05) is 0 Å². The number of carbonyl (C=O) groups excluding carboxylic acids is 2. The van der Waals surface area contributed by atoms with Crippen molar-refractivity contribution in [3.63, 3.8) is 0 Å². The third-order valence-corrected chi connectivity index (χ3v) is 4.79. The Labute approximate surface area is 134 Å². The van der Waals surface area contributed by atoms with E-state index in [0.29, 0.717) is 30.8 Å². The van der Waals surface area contributed by atoms with E-state index in [1.165, 1.54) is 0 Å². The van der Waals surface area contributed by atoms with E-state index in [2.05, 4.69) is 5.32 Å². The van der Waals surface area contributed by atoms with Crippen LogP contribution >= 0.6 is 11.6 Å². The smallest absolute Gasteiger partial charge is 0.239 e. The maximum Gasteiger partial charge on any atom is 0.239 e. The number of halogens is 1. The van der Waals surface area contributed by atoms with Crippen molar-refractivity contribution in [2.75, 3.05) is 18.0 Å². The number of rotatable bonds is 4. The number of aliphatic hydroxyl groups is 1. The monoisotopic (exact) mass is 322 g/mol. The summed E-state index contributed by atoms with van der Waals surface area (Å²) < 4.78 is 0. The Bertz CT molecular complexity index is 584. The molecule has 0 spiro atoms. The van der Waals surface area contributed by atoms with Gasteiger partial charge < -0.3 is 15.3 Å². The van der Waals surface area contributed by atoms with E-state index in [-0.39, 0.29) is 18.4 Å². The van der Waals surface area contributed by atoms with E-state index in [0.717, 1.165) is 12.1 Å². The summed E-state index contributed by atoms with van der Waals surface area (Å²) in [7, 11) is 0. The molecule has 0 radical (unpaired) electrons. The second kappa shape index (κ2) is 5.89. The predicted octanol–water partition coefficient (Wildman–Crippen LogP) is 1.72. The Morgan fingerprint density at radius 1 is 1.36 bits per heavy atom. The standard InChI is InChI=1S/C16H19ClN2O3/c17-11-2-4-12(5-3-11)19-9-6-13(15(19)21)14(20)18-10-16(22)7-1-8-16/h2-5,13,22H,1,6-10H2,(H,18,20). The molecule has 1 heterocycles. The van der Waals surface area contributed by atoms with E-state index >= 15 is 0 Å². The van der Waals surface area contributed by atoms with Crippen molar-refractivity contribution in [3.05, 3.63) is 29.3 Å². The topological polar surface area (TPSA) is 69.6 Å². The second-order valence-corrected chi connectivity index (χ2v) is 6.54. The van der Waals surface area contributed by atoms with Crippen LogP contribution in [-0.2, 0) is 9.59 Å². The molecule has 1 aromatic carbocycles. The molecule has 1 atom stereocenters. The fourth-order valence-corrected chi connectivity index (χ4v) is 3.06. The summed E-state index contributed by atoms with van der Waals surface area (Å²) in [4.78, 5) is 26.2. The van der Waals surface area contributed by atoms with E-state index in [9.17, 15) is 14.7 Å². The van der Waals surface area contributed by atoms with Gasteiger partial charge >= 0.3 is 0 Å². The molecule has 0 aromatic heterocycles.